The van der Waals surface area contributed by atoms with Crippen LogP contribution in [-0.2, 0) is 16.0 Å². The maximum atomic E-state index is 11.9. The molecule has 0 aliphatic heterocycles. The summed E-state index contributed by atoms with van der Waals surface area (Å²) in [5, 5.41) is 31.7. The molecular weight excluding hydrogens is 328 g/mol. The molecule has 0 heterocycles. The predicted molar refractivity (Wildman–Crippen MR) is 90.2 cm³/mol. The average Bonchev–Trinajstić information content (AvgIpc) is 2.56. The summed E-state index contributed by atoms with van der Waals surface area (Å²) >= 11 is 0. The Hall–Kier alpha value is -3.68. The van der Waals surface area contributed by atoms with Crippen molar-refractivity contribution in [3.63, 3.8) is 0 Å². The van der Waals surface area contributed by atoms with Crippen molar-refractivity contribution in [2.24, 2.45) is 0 Å². The molecule has 3 N–H and O–H groups in total. The van der Waals surface area contributed by atoms with Crippen LogP contribution in [-0.4, -0.2) is 27.0 Å². The van der Waals surface area contributed by atoms with Gasteiger partial charge < -0.3 is 15.5 Å². The van der Waals surface area contributed by atoms with Gasteiger partial charge in [0.2, 0.25) is 5.91 Å². The fraction of sp³-hybridized carbons (Fsp3) is 0.0588. The lowest BCUT2D eigenvalue weighted by atomic mass is 10.1. The van der Waals surface area contributed by atoms with Crippen LogP contribution in [0.5, 0.6) is 5.75 Å². The first-order valence-corrected chi connectivity index (χ1v) is 7.12. The Balaban J connectivity index is 2.10. The number of phenolic OH excluding ortho intramolecular Hbond substituents is 1. The van der Waals surface area contributed by atoms with Crippen LogP contribution in [0.4, 0.5) is 11.4 Å². The van der Waals surface area contributed by atoms with Gasteiger partial charge in [0.15, 0.2) is 0 Å². The molecule has 2 aromatic carbocycles. The Morgan fingerprint density at radius 3 is 2.64 bits per heavy atom. The lowest BCUT2D eigenvalue weighted by Gasteiger charge is -2.07. The van der Waals surface area contributed by atoms with Crippen molar-refractivity contribution in [3.8, 4) is 5.75 Å². The van der Waals surface area contributed by atoms with Gasteiger partial charge in [0.1, 0.15) is 5.75 Å². The van der Waals surface area contributed by atoms with Gasteiger partial charge in [-0.25, -0.2) is 0 Å². The van der Waals surface area contributed by atoms with Gasteiger partial charge in [-0.15, -0.1) is 0 Å². The molecule has 0 bridgehead atoms. The number of aromatic hydroxyl groups is 1. The Bertz CT molecular complexity index is 860. The van der Waals surface area contributed by atoms with E-state index in [0.29, 0.717) is 11.1 Å². The molecule has 2 rings (SSSR count). The summed E-state index contributed by atoms with van der Waals surface area (Å²) < 4.78 is 0. The summed E-state index contributed by atoms with van der Waals surface area (Å²) in [4.78, 5) is 32.8. The topological polar surface area (TPSA) is 130 Å². The van der Waals surface area contributed by atoms with Crippen LogP contribution >= 0.6 is 0 Å². The molecule has 0 saturated carbocycles. The molecule has 8 nitrogen and oxygen atoms in total. The molecule has 0 spiro atoms. The van der Waals surface area contributed by atoms with E-state index < -0.39 is 16.8 Å². The number of nitrogens with one attached hydrogen (secondary N) is 1. The fourth-order valence-corrected chi connectivity index (χ4v) is 2.06. The Kier molecular flexibility index (Phi) is 5.47. The molecule has 0 unspecified atom stereocenters. The highest BCUT2D eigenvalue weighted by molar-refractivity contribution is 6.02. The third-order valence-electron chi connectivity index (χ3n) is 3.18. The van der Waals surface area contributed by atoms with Crippen LogP contribution in [0.15, 0.2) is 48.5 Å². The van der Waals surface area contributed by atoms with Crippen molar-refractivity contribution in [2.45, 2.75) is 6.42 Å². The molecule has 25 heavy (non-hydrogen) atoms. The van der Waals surface area contributed by atoms with Gasteiger partial charge in [0.25, 0.3) is 5.69 Å². The Morgan fingerprint density at radius 2 is 1.96 bits per heavy atom. The van der Waals surface area contributed by atoms with Crippen molar-refractivity contribution in [3.05, 3.63) is 69.8 Å². The smallest absolute Gasteiger partial charge is 0.307 e. The molecule has 0 atom stereocenters. The number of carbonyl (C=O) groups excluding carboxylic acids is 1. The molecule has 0 radical (unpaired) electrons. The van der Waals surface area contributed by atoms with Gasteiger partial charge in [0, 0.05) is 18.2 Å². The van der Waals surface area contributed by atoms with Crippen molar-refractivity contribution in [1.82, 2.24) is 0 Å². The third-order valence-corrected chi connectivity index (χ3v) is 3.18. The van der Waals surface area contributed by atoms with E-state index in [-0.39, 0.29) is 23.5 Å². The van der Waals surface area contributed by atoms with Crippen LogP contribution in [0.3, 0.4) is 0 Å². The summed E-state index contributed by atoms with van der Waals surface area (Å²) in [6.07, 6.45) is 2.30. The standard InChI is InChI=1S/C17H14N2O6/c20-15-6-4-12(10-17(22)23)9-14(15)18-16(21)7-5-11-2-1-3-13(8-11)19(24)25/h1-9,20H,10H2,(H,18,21)(H,22,23)/b7-5+. The monoisotopic (exact) mass is 342 g/mol. The van der Waals surface area contributed by atoms with E-state index in [1.54, 1.807) is 6.07 Å². The number of aliphatic carboxylic acids is 1. The average molecular weight is 342 g/mol. The van der Waals surface area contributed by atoms with Crippen molar-refractivity contribution < 1.29 is 24.7 Å². The van der Waals surface area contributed by atoms with E-state index in [4.69, 9.17) is 5.11 Å². The number of carbonyl (C=O) groups is 2. The lowest BCUT2D eigenvalue weighted by molar-refractivity contribution is -0.384. The molecule has 0 aromatic heterocycles. The lowest BCUT2D eigenvalue weighted by Crippen LogP contribution is -2.09. The van der Waals surface area contributed by atoms with Crippen molar-refractivity contribution in [1.29, 1.82) is 0 Å². The number of hydrogen-bond donors (Lipinski definition) is 3. The van der Waals surface area contributed by atoms with E-state index in [9.17, 15) is 24.8 Å². The minimum Gasteiger partial charge on any atom is -0.506 e. The van der Waals surface area contributed by atoms with Gasteiger partial charge in [-0.3, -0.25) is 19.7 Å². The van der Waals surface area contributed by atoms with Crippen molar-refractivity contribution >= 4 is 29.3 Å². The Labute approximate surface area is 142 Å². The van der Waals surface area contributed by atoms with Crippen LogP contribution in [0.2, 0.25) is 0 Å². The molecule has 2 aromatic rings. The second-order valence-electron chi connectivity index (χ2n) is 5.10. The van der Waals surface area contributed by atoms with Gasteiger partial charge in [-0.1, -0.05) is 18.2 Å². The van der Waals surface area contributed by atoms with Gasteiger partial charge >= 0.3 is 5.97 Å². The first-order chi connectivity index (χ1) is 11.8. The number of nitro groups is 1. The zero-order chi connectivity index (χ0) is 18.4. The second-order valence-corrected chi connectivity index (χ2v) is 5.10. The van der Waals surface area contributed by atoms with Crippen molar-refractivity contribution in [2.75, 3.05) is 5.32 Å². The van der Waals surface area contributed by atoms with E-state index in [0.717, 1.165) is 6.08 Å². The number of hydrogen-bond acceptors (Lipinski definition) is 5. The molecule has 0 aliphatic rings. The summed E-state index contributed by atoms with van der Waals surface area (Å²) in [5.41, 5.74) is 0.866. The summed E-state index contributed by atoms with van der Waals surface area (Å²) in [6, 6.07) is 9.84. The minimum absolute atomic E-state index is 0.0763. The largest absolute Gasteiger partial charge is 0.506 e. The number of carboxylic acid groups (broad SMARTS) is 1. The number of non-ortho nitro benzene ring substituents is 1. The molecule has 0 fully saturated rings. The number of rotatable bonds is 6. The molecule has 0 aliphatic carbocycles. The number of nitro benzene ring substituents is 1. The first-order valence-electron chi connectivity index (χ1n) is 7.12. The fourth-order valence-electron chi connectivity index (χ4n) is 2.06. The molecule has 8 heteroatoms. The van der Waals surface area contributed by atoms with E-state index >= 15 is 0 Å². The molecule has 1 amide bonds. The number of nitrogens with zero attached hydrogens (tertiary/aromatic N) is 1. The zero-order valence-electron chi connectivity index (χ0n) is 12.9. The highest BCUT2D eigenvalue weighted by Crippen LogP contribution is 2.24. The number of phenols is 1. The summed E-state index contributed by atoms with van der Waals surface area (Å²) in [6.45, 7) is 0. The van der Waals surface area contributed by atoms with Gasteiger partial charge in [0.05, 0.1) is 17.0 Å². The highest BCUT2D eigenvalue weighted by Gasteiger charge is 2.08. The molecule has 0 saturated heterocycles. The normalized spacial score (nSPS) is 10.6. The molecule has 128 valence electrons. The van der Waals surface area contributed by atoms with E-state index in [1.807, 2.05) is 0 Å². The highest BCUT2D eigenvalue weighted by atomic mass is 16.6. The zero-order valence-corrected chi connectivity index (χ0v) is 12.9. The number of carboxylic acids is 1. The number of anilines is 1. The van der Waals surface area contributed by atoms with Crippen LogP contribution < -0.4 is 5.32 Å². The maximum absolute atomic E-state index is 11.9. The SMILES string of the molecule is O=C(O)Cc1ccc(O)c(NC(=O)/C=C/c2cccc([N+](=O)[O-])c2)c1. The second kappa shape index (κ2) is 7.73. The van der Waals surface area contributed by atoms with Gasteiger partial charge in [-0.2, -0.15) is 0 Å². The van der Waals surface area contributed by atoms with E-state index in [1.165, 1.54) is 42.5 Å². The predicted octanol–water partition coefficient (Wildman–Crippen LogP) is 2.58. The van der Waals surface area contributed by atoms with Gasteiger partial charge in [-0.05, 0) is 29.3 Å². The van der Waals surface area contributed by atoms with E-state index in [2.05, 4.69) is 5.32 Å². The Morgan fingerprint density at radius 1 is 1.20 bits per heavy atom. The van der Waals surface area contributed by atoms with Crippen LogP contribution in [0.1, 0.15) is 11.1 Å². The molecular formula is C17H14N2O6. The third kappa shape index (κ3) is 5.17. The number of benzene rings is 2. The van der Waals surface area contributed by atoms with Crippen LogP contribution in [0, 0.1) is 10.1 Å². The van der Waals surface area contributed by atoms with Crippen LogP contribution in [0.25, 0.3) is 6.08 Å². The quantitative estimate of drug-likeness (QED) is 0.320. The first kappa shape index (κ1) is 17.7. The maximum Gasteiger partial charge on any atom is 0.307 e. The minimum atomic E-state index is -1.03. The summed E-state index contributed by atoms with van der Waals surface area (Å²) in [7, 11) is 0. The number of amides is 1. The summed E-state index contributed by atoms with van der Waals surface area (Å²) in [5.74, 6) is -1.81.